The van der Waals surface area contributed by atoms with Crippen LogP contribution in [0.4, 0.5) is 0 Å². The number of hydrogen-bond acceptors (Lipinski definition) is 2. The first-order valence-corrected chi connectivity index (χ1v) is 6.59. The number of rotatable bonds is 0. The molecule has 2 aliphatic carbocycles. The summed E-state index contributed by atoms with van der Waals surface area (Å²) in [5.41, 5.74) is 0.173. The van der Waals surface area contributed by atoms with Crippen LogP contribution in [0, 0.1) is 38.9 Å². The van der Waals surface area contributed by atoms with E-state index >= 15 is 0 Å². The Morgan fingerprint density at radius 1 is 1.00 bits per heavy atom. The van der Waals surface area contributed by atoms with Crippen molar-refractivity contribution in [3.8, 4) is 12.1 Å². The molecule has 94 valence electrons. The van der Waals surface area contributed by atoms with Gasteiger partial charge in [-0.15, -0.1) is 0 Å². The van der Waals surface area contributed by atoms with Crippen molar-refractivity contribution >= 4 is 0 Å². The summed E-state index contributed by atoms with van der Waals surface area (Å²) in [5.74, 6) is 0. The van der Waals surface area contributed by atoms with Crippen LogP contribution in [-0.4, -0.2) is 0 Å². The third-order valence-electron chi connectivity index (χ3n) is 4.51. The number of nitrogens with zero attached hydrogens (tertiary/aromatic N) is 2. The minimum Gasteiger partial charge on any atom is -0.196 e. The average Bonchev–Trinajstić information content (AvgIpc) is 2.47. The van der Waals surface area contributed by atoms with Gasteiger partial charge in [-0.2, -0.15) is 10.5 Å². The Kier molecular flexibility index (Phi) is 2.86. The fraction of sp³-hybridized carbons (Fsp3) is 0.625. The summed E-state index contributed by atoms with van der Waals surface area (Å²) < 4.78 is 0. The fourth-order valence-electron chi connectivity index (χ4n) is 3.17. The van der Waals surface area contributed by atoms with E-state index in [-0.39, 0.29) is 10.8 Å². The highest BCUT2D eigenvalue weighted by molar-refractivity contribution is 5.42. The maximum atomic E-state index is 9.54. The summed E-state index contributed by atoms with van der Waals surface area (Å²) in [6.45, 7) is 6.59. The van der Waals surface area contributed by atoms with Gasteiger partial charge in [0.2, 0.25) is 0 Å². The second kappa shape index (κ2) is 3.99. The molecule has 0 aromatic heterocycles. The second-order valence-corrected chi connectivity index (χ2v) is 6.62. The van der Waals surface area contributed by atoms with Crippen LogP contribution >= 0.6 is 0 Å². The number of fused-ring (bicyclic) bond motifs is 1. The lowest BCUT2D eigenvalue weighted by molar-refractivity contribution is 0.237. The van der Waals surface area contributed by atoms with Crippen molar-refractivity contribution in [2.75, 3.05) is 0 Å². The Balaban J connectivity index is 2.64. The molecule has 0 fully saturated rings. The van der Waals surface area contributed by atoms with Crippen molar-refractivity contribution in [1.82, 2.24) is 0 Å². The number of allylic oxidation sites excluding steroid dienone is 4. The van der Waals surface area contributed by atoms with Crippen LogP contribution in [0.3, 0.4) is 0 Å². The molecule has 0 aromatic carbocycles. The minimum atomic E-state index is -0.959. The van der Waals surface area contributed by atoms with E-state index in [0.717, 1.165) is 24.8 Å². The van der Waals surface area contributed by atoms with Crippen LogP contribution < -0.4 is 0 Å². The summed E-state index contributed by atoms with van der Waals surface area (Å²) in [7, 11) is 0. The first-order valence-electron chi connectivity index (χ1n) is 6.59. The molecule has 0 saturated carbocycles. The summed E-state index contributed by atoms with van der Waals surface area (Å²) in [5, 5.41) is 19.1. The maximum Gasteiger partial charge on any atom is 0.168 e. The van der Waals surface area contributed by atoms with Crippen LogP contribution in [0.25, 0.3) is 0 Å². The molecule has 2 aliphatic rings. The molecule has 2 rings (SSSR count). The molecule has 0 N–H and O–H groups in total. The van der Waals surface area contributed by atoms with Crippen molar-refractivity contribution in [3.63, 3.8) is 0 Å². The molecule has 1 unspecified atom stereocenters. The second-order valence-electron chi connectivity index (χ2n) is 6.62. The van der Waals surface area contributed by atoms with Crippen molar-refractivity contribution in [2.24, 2.45) is 16.2 Å². The molecule has 0 saturated heterocycles. The van der Waals surface area contributed by atoms with Gasteiger partial charge in [0.1, 0.15) is 0 Å². The minimum absolute atomic E-state index is 0.0199. The van der Waals surface area contributed by atoms with Crippen LogP contribution in [0.2, 0.25) is 0 Å². The van der Waals surface area contributed by atoms with E-state index in [9.17, 15) is 10.5 Å². The van der Waals surface area contributed by atoms with Crippen molar-refractivity contribution in [3.05, 3.63) is 23.8 Å². The Hall–Kier alpha value is -1.54. The molecular formula is C16H20N2. The van der Waals surface area contributed by atoms with Gasteiger partial charge in [0.05, 0.1) is 12.1 Å². The van der Waals surface area contributed by atoms with Crippen LogP contribution in [0.15, 0.2) is 23.8 Å². The first kappa shape index (κ1) is 12.9. The van der Waals surface area contributed by atoms with Crippen LogP contribution in [0.5, 0.6) is 0 Å². The molecule has 1 atom stereocenters. The predicted molar refractivity (Wildman–Crippen MR) is 71.2 cm³/mol. The lowest BCUT2D eigenvalue weighted by Crippen LogP contribution is -2.36. The Morgan fingerprint density at radius 2 is 1.61 bits per heavy atom. The molecule has 0 heterocycles. The molecule has 2 heteroatoms. The van der Waals surface area contributed by atoms with Crippen LogP contribution in [0.1, 0.15) is 46.5 Å². The first-order chi connectivity index (χ1) is 8.37. The van der Waals surface area contributed by atoms with E-state index in [1.165, 1.54) is 0 Å². The summed E-state index contributed by atoms with van der Waals surface area (Å²) in [6, 6.07) is 4.58. The van der Waals surface area contributed by atoms with Gasteiger partial charge in [-0.05, 0) is 35.7 Å². The lowest BCUT2D eigenvalue weighted by atomic mass is 9.58. The molecule has 0 amide bonds. The van der Waals surface area contributed by atoms with Gasteiger partial charge in [-0.25, -0.2) is 0 Å². The third kappa shape index (κ3) is 1.87. The van der Waals surface area contributed by atoms with Gasteiger partial charge in [-0.1, -0.05) is 39.0 Å². The van der Waals surface area contributed by atoms with Crippen molar-refractivity contribution in [2.45, 2.75) is 46.5 Å². The van der Waals surface area contributed by atoms with Crippen molar-refractivity contribution in [1.29, 1.82) is 10.5 Å². The monoisotopic (exact) mass is 240 g/mol. The van der Waals surface area contributed by atoms with E-state index in [1.807, 2.05) is 6.08 Å². The van der Waals surface area contributed by atoms with Gasteiger partial charge < -0.3 is 0 Å². The highest BCUT2D eigenvalue weighted by Gasteiger charge is 2.48. The maximum absolute atomic E-state index is 9.54. The molecule has 0 aromatic rings. The topological polar surface area (TPSA) is 47.6 Å². The van der Waals surface area contributed by atoms with Gasteiger partial charge in [-0.3, -0.25) is 0 Å². The standard InChI is InChI=1S/C16H20N2/c1-14(2)8-9-15(3)6-4-5-7-16(11-17,12-18)13(15)10-14/h4-5,10H,6-9H2,1-3H3. The zero-order chi connectivity index (χ0) is 13.4. The van der Waals surface area contributed by atoms with Gasteiger partial charge in [0.25, 0.3) is 0 Å². The van der Waals surface area contributed by atoms with E-state index in [1.54, 1.807) is 0 Å². The zero-order valence-corrected chi connectivity index (χ0v) is 11.5. The lowest BCUT2D eigenvalue weighted by Gasteiger charge is -2.43. The van der Waals surface area contributed by atoms with E-state index in [4.69, 9.17) is 0 Å². The molecule has 0 aliphatic heterocycles. The van der Waals surface area contributed by atoms with Crippen molar-refractivity contribution < 1.29 is 0 Å². The Labute approximate surface area is 110 Å². The predicted octanol–water partition coefficient (Wildman–Crippen LogP) is 4.12. The zero-order valence-electron chi connectivity index (χ0n) is 11.5. The quantitative estimate of drug-likeness (QED) is 0.598. The molecule has 2 nitrogen and oxygen atoms in total. The van der Waals surface area contributed by atoms with Gasteiger partial charge in [0, 0.05) is 6.42 Å². The number of nitriles is 2. The third-order valence-corrected chi connectivity index (χ3v) is 4.51. The Morgan fingerprint density at radius 3 is 2.22 bits per heavy atom. The van der Waals surface area contributed by atoms with E-state index < -0.39 is 5.41 Å². The highest BCUT2D eigenvalue weighted by Crippen LogP contribution is 2.54. The Bertz CT molecular complexity index is 482. The molecule has 0 bridgehead atoms. The van der Waals surface area contributed by atoms with Crippen LogP contribution in [-0.2, 0) is 0 Å². The summed E-state index contributed by atoms with van der Waals surface area (Å²) in [4.78, 5) is 0. The number of hydrogen-bond donors (Lipinski definition) is 0. The molecule has 0 radical (unpaired) electrons. The smallest absolute Gasteiger partial charge is 0.168 e. The SMILES string of the molecule is CC1(C)C=C2C(C#N)(C#N)CC=CCC2(C)CC1. The normalized spacial score (nSPS) is 32.4. The largest absolute Gasteiger partial charge is 0.196 e. The molecular weight excluding hydrogens is 220 g/mol. The van der Waals surface area contributed by atoms with Gasteiger partial charge >= 0.3 is 0 Å². The van der Waals surface area contributed by atoms with Gasteiger partial charge in [0.15, 0.2) is 5.41 Å². The summed E-state index contributed by atoms with van der Waals surface area (Å²) in [6.07, 6.45) is 10.00. The summed E-state index contributed by atoms with van der Waals surface area (Å²) >= 11 is 0. The molecule has 0 spiro atoms. The fourth-order valence-corrected chi connectivity index (χ4v) is 3.17. The molecule has 18 heavy (non-hydrogen) atoms. The van der Waals surface area contributed by atoms with E-state index in [0.29, 0.717) is 6.42 Å². The average molecular weight is 240 g/mol. The highest BCUT2D eigenvalue weighted by atomic mass is 14.5. The van der Waals surface area contributed by atoms with E-state index in [2.05, 4.69) is 45.1 Å².